The van der Waals surface area contributed by atoms with Crippen molar-refractivity contribution in [3.8, 4) is 0 Å². The van der Waals surface area contributed by atoms with Crippen LogP contribution in [0, 0.1) is 0 Å². The first-order valence-electron chi connectivity index (χ1n) is 5.50. The Balaban J connectivity index is 1.66. The van der Waals surface area contributed by atoms with E-state index in [0.29, 0.717) is 12.3 Å². The van der Waals surface area contributed by atoms with Gasteiger partial charge in [0.15, 0.2) is 5.76 Å². The topological polar surface area (TPSA) is 63.5 Å². The van der Waals surface area contributed by atoms with E-state index in [9.17, 15) is 4.79 Å². The van der Waals surface area contributed by atoms with Gasteiger partial charge < -0.3 is 19.8 Å². The average Bonchev–Trinajstić information content (AvgIpc) is 2.84. The van der Waals surface area contributed by atoms with Crippen LogP contribution in [0.4, 0.5) is 0 Å². The summed E-state index contributed by atoms with van der Waals surface area (Å²) in [6.07, 6.45) is 2.51. The molecule has 0 bridgehead atoms. The third-order valence-electron chi connectivity index (χ3n) is 2.50. The van der Waals surface area contributed by atoms with Crippen molar-refractivity contribution >= 4 is 5.91 Å². The lowest BCUT2D eigenvalue weighted by Gasteiger charge is -2.23. The van der Waals surface area contributed by atoms with E-state index in [1.54, 1.807) is 12.1 Å². The van der Waals surface area contributed by atoms with E-state index in [4.69, 9.17) is 9.15 Å². The number of carbonyl (C=O) groups excluding carboxylic acids is 1. The number of morpholine rings is 1. The molecule has 1 aliphatic rings. The van der Waals surface area contributed by atoms with Crippen molar-refractivity contribution in [2.75, 3.05) is 26.2 Å². The fraction of sp³-hybridized carbons (Fsp3) is 0.545. The zero-order chi connectivity index (χ0) is 11.2. The van der Waals surface area contributed by atoms with Crippen LogP contribution in [-0.2, 0) is 4.74 Å². The van der Waals surface area contributed by atoms with Crippen molar-refractivity contribution in [1.82, 2.24) is 10.6 Å². The summed E-state index contributed by atoms with van der Waals surface area (Å²) in [6.45, 7) is 3.12. The van der Waals surface area contributed by atoms with Crippen molar-refractivity contribution in [2.45, 2.75) is 12.5 Å². The monoisotopic (exact) mass is 224 g/mol. The molecule has 1 amide bonds. The number of carbonyl (C=O) groups is 1. The van der Waals surface area contributed by atoms with Gasteiger partial charge in [0, 0.05) is 19.6 Å². The maximum absolute atomic E-state index is 11.5. The normalized spacial score (nSPS) is 20.6. The molecule has 5 nitrogen and oxygen atoms in total. The van der Waals surface area contributed by atoms with Gasteiger partial charge in [0.1, 0.15) is 0 Å². The van der Waals surface area contributed by atoms with Gasteiger partial charge in [-0.3, -0.25) is 4.79 Å². The number of nitrogens with one attached hydrogen (secondary N) is 2. The molecule has 2 N–H and O–H groups in total. The smallest absolute Gasteiger partial charge is 0.286 e. The van der Waals surface area contributed by atoms with E-state index >= 15 is 0 Å². The molecule has 1 saturated heterocycles. The van der Waals surface area contributed by atoms with E-state index in [1.165, 1.54) is 6.26 Å². The van der Waals surface area contributed by atoms with Crippen molar-refractivity contribution in [1.29, 1.82) is 0 Å². The highest BCUT2D eigenvalue weighted by molar-refractivity contribution is 5.91. The van der Waals surface area contributed by atoms with Crippen molar-refractivity contribution in [3.63, 3.8) is 0 Å². The highest BCUT2D eigenvalue weighted by atomic mass is 16.5. The van der Waals surface area contributed by atoms with Crippen molar-refractivity contribution in [2.24, 2.45) is 0 Å². The molecule has 0 saturated carbocycles. The molecule has 1 atom stereocenters. The van der Waals surface area contributed by atoms with Crippen LogP contribution < -0.4 is 10.6 Å². The highest BCUT2D eigenvalue weighted by Crippen LogP contribution is 2.02. The summed E-state index contributed by atoms with van der Waals surface area (Å²) in [6, 6.07) is 3.34. The second-order valence-electron chi connectivity index (χ2n) is 3.72. The van der Waals surface area contributed by atoms with E-state index < -0.39 is 0 Å². The van der Waals surface area contributed by atoms with Gasteiger partial charge in [0.2, 0.25) is 0 Å². The Kier molecular flexibility index (Phi) is 3.96. The first-order chi connectivity index (χ1) is 7.86. The maximum atomic E-state index is 11.5. The van der Waals surface area contributed by atoms with Crippen molar-refractivity contribution in [3.05, 3.63) is 24.2 Å². The van der Waals surface area contributed by atoms with Crippen LogP contribution in [0.1, 0.15) is 17.0 Å². The van der Waals surface area contributed by atoms with Crippen LogP contribution in [0.5, 0.6) is 0 Å². The van der Waals surface area contributed by atoms with Gasteiger partial charge in [-0.2, -0.15) is 0 Å². The van der Waals surface area contributed by atoms with E-state index in [1.807, 2.05) is 0 Å². The summed E-state index contributed by atoms with van der Waals surface area (Å²) in [5.41, 5.74) is 0. The summed E-state index contributed by atoms with van der Waals surface area (Å²) in [5, 5.41) is 6.04. The summed E-state index contributed by atoms with van der Waals surface area (Å²) in [7, 11) is 0. The summed E-state index contributed by atoms with van der Waals surface area (Å²) in [4.78, 5) is 11.5. The Labute approximate surface area is 94.1 Å². The first-order valence-corrected chi connectivity index (χ1v) is 5.50. The lowest BCUT2D eigenvalue weighted by molar-refractivity contribution is 0.0238. The molecular weight excluding hydrogens is 208 g/mol. The Morgan fingerprint density at radius 3 is 3.25 bits per heavy atom. The Morgan fingerprint density at radius 1 is 1.62 bits per heavy atom. The zero-order valence-corrected chi connectivity index (χ0v) is 9.07. The number of amides is 1. The van der Waals surface area contributed by atoms with Gasteiger partial charge in [-0.1, -0.05) is 0 Å². The average molecular weight is 224 g/mol. The number of rotatable bonds is 4. The van der Waals surface area contributed by atoms with Crippen LogP contribution in [0.25, 0.3) is 0 Å². The van der Waals surface area contributed by atoms with Crippen molar-refractivity contribution < 1.29 is 13.9 Å². The second-order valence-corrected chi connectivity index (χ2v) is 3.72. The molecule has 0 aliphatic carbocycles. The molecule has 0 spiro atoms. The molecule has 1 fully saturated rings. The zero-order valence-electron chi connectivity index (χ0n) is 9.07. The summed E-state index contributed by atoms with van der Waals surface area (Å²) >= 11 is 0. The van der Waals surface area contributed by atoms with Crippen LogP contribution in [-0.4, -0.2) is 38.3 Å². The minimum Gasteiger partial charge on any atom is -0.459 e. The molecule has 16 heavy (non-hydrogen) atoms. The van der Waals surface area contributed by atoms with Gasteiger partial charge in [-0.15, -0.1) is 0 Å². The lowest BCUT2D eigenvalue weighted by Crippen LogP contribution is -2.40. The summed E-state index contributed by atoms with van der Waals surface area (Å²) < 4.78 is 10.5. The Morgan fingerprint density at radius 2 is 2.56 bits per heavy atom. The Bertz CT molecular complexity index is 318. The summed E-state index contributed by atoms with van der Waals surface area (Å²) in [5.74, 6) is 0.177. The van der Waals surface area contributed by atoms with E-state index in [-0.39, 0.29) is 12.0 Å². The van der Waals surface area contributed by atoms with Crippen LogP contribution in [0.2, 0.25) is 0 Å². The Hall–Kier alpha value is -1.33. The van der Waals surface area contributed by atoms with Gasteiger partial charge >= 0.3 is 0 Å². The molecule has 0 aromatic carbocycles. The first kappa shape index (κ1) is 11.2. The predicted octanol–water partition coefficient (Wildman–Crippen LogP) is 0.388. The molecule has 2 rings (SSSR count). The predicted molar refractivity (Wildman–Crippen MR) is 58.3 cm³/mol. The largest absolute Gasteiger partial charge is 0.459 e. The third kappa shape index (κ3) is 3.08. The number of hydrogen-bond donors (Lipinski definition) is 2. The van der Waals surface area contributed by atoms with Gasteiger partial charge in [0.25, 0.3) is 5.91 Å². The fourth-order valence-electron chi connectivity index (χ4n) is 1.65. The lowest BCUT2D eigenvalue weighted by atomic mass is 10.2. The standard InChI is InChI=1S/C11H16N2O3/c14-11(10-2-1-6-16-10)13-4-3-9-8-12-5-7-15-9/h1-2,6,9,12H,3-5,7-8H2,(H,13,14). The minimum atomic E-state index is -0.172. The number of ether oxygens (including phenoxy) is 1. The quantitative estimate of drug-likeness (QED) is 0.776. The van der Waals surface area contributed by atoms with Crippen LogP contribution >= 0.6 is 0 Å². The maximum Gasteiger partial charge on any atom is 0.286 e. The molecular formula is C11H16N2O3. The van der Waals surface area contributed by atoms with Gasteiger partial charge in [-0.05, 0) is 18.6 Å². The molecule has 88 valence electrons. The molecule has 1 aromatic heterocycles. The molecule has 1 aliphatic heterocycles. The fourth-order valence-corrected chi connectivity index (χ4v) is 1.65. The van der Waals surface area contributed by atoms with Gasteiger partial charge in [-0.25, -0.2) is 0 Å². The third-order valence-corrected chi connectivity index (χ3v) is 2.50. The van der Waals surface area contributed by atoms with Crippen LogP contribution in [0.3, 0.4) is 0 Å². The number of hydrogen-bond acceptors (Lipinski definition) is 4. The van der Waals surface area contributed by atoms with Gasteiger partial charge in [0.05, 0.1) is 19.0 Å². The number of furan rings is 1. The van der Waals surface area contributed by atoms with Crippen LogP contribution in [0.15, 0.2) is 22.8 Å². The second kappa shape index (κ2) is 5.67. The molecule has 5 heteroatoms. The molecule has 1 aromatic rings. The van der Waals surface area contributed by atoms with E-state index in [0.717, 1.165) is 26.1 Å². The highest BCUT2D eigenvalue weighted by Gasteiger charge is 2.14. The minimum absolute atomic E-state index is 0.172. The SMILES string of the molecule is O=C(NCCC1CNCCO1)c1ccco1. The molecule has 2 heterocycles. The van der Waals surface area contributed by atoms with E-state index in [2.05, 4.69) is 10.6 Å². The molecule has 1 unspecified atom stereocenters. The molecule has 0 radical (unpaired) electrons.